The minimum atomic E-state index is -0.287. The van der Waals surface area contributed by atoms with Gasteiger partial charge in [0.2, 0.25) is 0 Å². The average Bonchev–Trinajstić information content (AvgIpc) is 2.47. The maximum Gasteiger partial charge on any atom is 0.250 e. The number of aromatic amines is 1. The van der Waals surface area contributed by atoms with Crippen molar-refractivity contribution in [3.8, 4) is 17.4 Å². The Hall–Kier alpha value is -3.68. The summed E-state index contributed by atoms with van der Waals surface area (Å²) in [7, 11) is 0. The number of aromatic nitrogens is 2. The first-order valence-electron chi connectivity index (χ1n) is 6.71. The number of pyridine rings is 2. The summed E-state index contributed by atoms with van der Waals surface area (Å²) in [6.07, 6.45) is 0. The zero-order valence-electron chi connectivity index (χ0n) is 12.6. The summed E-state index contributed by atoms with van der Waals surface area (Å²) in [5.74, 6) is 1.00. The van der Waals surface area contributed by atoms with E-state index in [0.717, 1.165) is 0 Å². The Labute approximate surface area is 137 Å². The molecule has 2 aromatic heterocycles. The first kappa shape index (κ1) is 18.4. The van der Waals surface area contributed by atoms with Crippen molar-refractivity contribution >= 4 is 11.6 Å². The summed E-state index contributed by atoms with van der Waals surface area (Å²) in [6.45, 7) is 0. The molecule has 0 saturated carbocycles. The monoisotopic (exact) mass is 330 g/mol. The Balaban J connectivity index is 0.000000180. The zero-order valence-corrected chi connectivity index (χ0v) is 12.6. The summed E-state index contributed by atoms with van der Waals surface area (Å²) in [6, 6.07) is 15.2. The Morgan fingerprint density at radius 3 is 1.58 bits per heavy atom. The first-order chi connectivity index (χ1) is 11.4. The molecule has 0 bridgehead atoms. The van der Waals surface area contributed by atoms with Crippen LogP contribution in [0, 0.1) is 0 Å². The Bertz CT molecular complexity index is 743. The molecule has 2 heterocycles. The van der Waals surface area contributed by atoms with Gasteiger partial charge in [-0.05, 0) is 30.3 Å². The van der Waals surface area contributed by atoms with Crippen LogP contribution in [0.2, 0.25) is 0 Å². The van der Waals surface area contributed by atoms with E-state index in [-0.39, 0.29) is 22.9 Å². The number of nitrogens with zero attached hydrogens (tertiary/aromatic N) is 1. The molecule has 0 radical (unpaired) electrons. The number of hydrogen-bond acceptors (Lipinski definition) is 7. The van der Waals surface area contributed by atoms with Crippen molar-refractivity contribution in [3.63, 3.8) is 0 Å². The maximum absolute atomic E-state index is 10.3. The Morgan fingerprint density at radius 1 is 0.792 bits per heavy atom. The van der Waals surface area contributed by atoms with Crippen molar-refractivity contribution in [2.24, 2.45) is 0 Å². The molecule has 24 heavy (non-hydrogen) atoms. The van der Waals surface area contributed by atoms with E-state index in [0.29, 0.717) is 11.6 Å². The summed E-state index contributed by atoms with van der Waals surface area (Å²) < 4.78 is 0. The minimum Gasteiger partial charge on any atom is -0.508 e. The second-order valence-electron chi connectivity index (χ2n) is 4.41. The van der Waals surface area contributed by atoms with Gasteiger partial charge in [0.15, 0.2) is 5.88 Å². The summed E-state index contributed by atoms with van der Waals surface area (Å²) in [5.41, 5.74) is 10.2. The van der Waals surface area contributed by atoms with E-state index < -0.39 is 0 Å². The molecule has 8 heteroatoms. The second-order valence-corrected chi connectivity index (χ2v) is 4.41. The largest absolute Gasteiger partial charge is 0.508 e. The minimum absolute atomic E-state index is 0.0880. The van der Waals surface area contributed by atoms with Gasteiger partial charge >= 0.3 is 0 Å². The number of anilines is 2. The van der Waals surface area contributed by atoms with Gasteiger partial charge in [0.05, 0.1) is 0 Å². The molecular weight excluding hydrogens is 312 g/mol. The van der Waals surface area contributed by atoms with Gasteiger partial charge in [-0.2, -0.15) is 0 Å². The van der Waals surface area contributed by atoms with Crippen LogP contribution in [0.3, 0.4) is 0 Å². The summed E-state index contributed by atoms with van der Waals surface area (Å²) in [5, 5.41) is 25.9. The third kappa shape index (κ3) is 7.93. The third-order valence-corrected chi connectivity index (χ3v) is 2.37. The van der Waals surface area contributed by atoms with E-state index in [1.54, 1.807) is 24.3 Å². The number of hydrogen-bond donors (Lipinski definition) is 6. The number of nitrogens with one attached hydrogen (secondary N) is 1. The third-order valence-electron chi connectivity index (χ3n) is 2.37. The van der Waals surface area contributed by atoms with E-state index in [1.807, 2.05) is 0 Å². The van der Waals surface area contributed by atoms with Crippen molar-refractivity contribution in [3.05, 3.63) is 71.0 Å². The number of phenolic OH excluding ortho intramolecular Hbond substituents is 2. The van der Waals surface area contributed by atoms with E-state index in [4.69, 9.17) is 26.8 Å². The predicted molar refractivity (Wildman–Crippen MR) is 91.6 cm³/mol. The average molecular weight is 330 g/mol. The Kier molecular flexibility index (Phi) is 7.16. The lowest BCUT2D eigenvalue weighted by Crippen LogP contribution is -2.00. The number of nitrogen functional groups attached to an aromatic ring is 2. The van der Waals surface area contributed by atoms with Crippen LogP contribution in [0.4, 0.5) is 11.6 Å². The highest BCUT2D eigenvalue weighted by Crippen LogP contribution is 2.14. The Morgan fingerprint density at radius 2 is 1.29 bits per heavy atom. The van der Waals surface area contributed by atoms with Crippen molar-refractivity contribution in [1.82, 2.24) is 9.97 Å². The van der Waals surface area contributed by atoms with Crippen LogP contribution in [-0.2, 0) is 0 Å². The molecule has 0 aliphatic heterocycles. The molecule has 0 unspecified atom stereocenters. The molecule has 8 nitrogen and oxygen atoms in total. The van der Waals surface area contributed by atoms with Crippen LogP contribution in [0.15, 0.2) is 65.5 Å². The lowest BCUT2D eigenvalue weighted by atomic mass is 10.3. The molecule has 0 amide bonds. The molecule has 8 N–H and O–H groups in total. The van der Waals surface area contributed by atoms with Gasteiger partial charge in [0.1, 0.15) is 23.1 Å². The fourth-order valence-corrected chi connectivity index (χ4v) is 1.40. The van der Waals surface area contributed by atoms with Gasteiger partial charge in [-0.1, -0.05) is 18.2 Å². The molecule has 1 aromatic carbocycles. The highest BCUT2D eigenvalue weighted by Gasteiger charge is 1.85. The molecule has 0 atom stereocenters. The zero-order chi connectivity index (χ0) is 17.9. The number of phenols is 2. The van der Waals surface area contributed by atoms with Gasteiger partial charge in [-0.25, -0.2) is 4.98 Å². The maximum atomic E-state index is 10.3. The molecule has 0 aliphatic rings. The van der Waals surface area contributed by atoms with Gasteiger partial charge in [-0.15, -0.1) is 0 Å². The van der Waals surface area contributed by atoms with Crippen molar-refractivity contribution < 1.29 is 15.3 Å². The highest BCUT2D eigenvalue weighted by atomic mass is 16.3. The number of benzene rings is 1. The molecule has 0 fully saturated rings. The van der Waals surface area contributed by atoms with Crippen LogP contribution in [0.5, 0.6) is 17.4 Å². The molecular formula is C16H18N4O4. The molecule has 0 saturated heterocycles. The fourth-order valence-electron chi connectivity index (χ4n) is 1.40. The fraction of sp³-hybridized carbons (Fsp3) is 0. The SMILES string of the molecule is Nc1cccc(N)n1.O=c1cccc(O)[nH]1.Oc1cccc(O)c1. The van der Waals surface area contributed by atoms with Crippen LogP contribution in [0.25, 0.3) is 0 Å². The number of aromatic hydroxyl groups is 3. The standard InChI is InChI=1S/C6H6O2.C5H7N3.C5H5NO2/c7-5-2-1-3-6(8)4-5;6-4-2-1-3-5(7)8-4;7-4-2-1-3-5(8)6-4/h1-4,7-8H;1-3H,(H4,6,7,8);1-3H,(H2,6,7,8). The van der Waals surface area contributed by atoms with E-state index in [1.165, 1.54) is 36.4 Å². The van der Waals surface area contributed by atoms with Crippen LogP contribution < -0.4 is 17.0 Å². The molecule has 126 valence electrons. The topological polar surface area (TPSA) is 158 Å². The van der Waals surface area contributed by atoms with E-state index in [2.05, 4.69) is 9.97 Å². The van der Waals surface area contributed by atoms with Gasteiger partial charge < -0.3 is 26.8 Å². The van der Waals surface area contributed by atoms with Gasteiger partial charge in [0.25, 0.3) is 5.56 Å². The number of rotatable bonds is 0. The van der Waals surface area contributed by atoms with Gasteiger partial charge in [0, 0.05) is 12.1 Å². The smallest absolute Gasteiger partial charge is 0.250 e. The normalized spacial score (nSPS) is 9.00. The molecule has 3 aromatic rings. The first-order valence-corrected chi connectivity index (χ1v) is 6.71. The van der Waals surface area contributed by atoms with Crippen molar-refractivity contribution in [2.45, 2.75) is 0 Å². The van der Waals surface area contributed by atoms with Gasteiger partial charge in [-0.3, -0.25) is 9.78 Å². The van der Waals surface area contributed by atoms with E-state index in [9.17, 15) is 4.79 Å². The summed E-state index contributed by atoms with van der Waals surface area (Å²) >= 11 is 0. The van der Waals surface area contributed by atoms with E-state index >= 15 is 0 Å². The molecule has 3 rings (SSSR count). The van der Waals surface area contributed by atoms with Crippen molar-refractivity contribution in [1.29, 1.82) is 0 Å². The molecule has 0 spiro atoms. The van der Waals surface area contributed by atoms with Crippen LogP contribution in [0.1, 0.15) is 0 Å². The number of H-pyrrole nitrogens is 1. The van der Waals surface area contributed by atoms with Crippen LogP contribution >= 0.6 is 0 Å². The van der Waals surface area contributed by atoms with Crippen molar-refractivity contribution in [2.75, 3.05) is 11.5 Å². The number of nitrogens with two attached hydrogens (primary N) is 2. The van der Waals surface area contributed by atoms with Crippen LogP contribution in [-0.4, -0.2) is 25.3 Å². The lowest BCUT2D eigenvalue weighted by molar-refractivity contribution is 0.450. The predicted octanol–water partition coefficient (Wildman–Crippen LogP) is 1.42. The lowest BCUT2D eigenvalue weighted by Gasteiger charge is -1.90. The molecule has 0 aliphatic carbocycles. The second kappa shape index (κ2) is 9.36. The quantitative estimate of drug-likeness (QED) is 0.363. The highest BCUT2D eigenvalue weighted by molar-refractivity contribution is 5.38. The summed E-state index contributed by atoms with van der Waals surface area (Å²) in [4.78, 5) is 16.2.